The number of rotatable bonds is 4. The van der Waals surface area contributed by atoms with E-state index in [-0.39, 0.29) is 17.3 Å². The molecule has 0 N–H and O–H groups in total. The van der Waals surface area contributed by atoms with E-state index in [2.05, 4.69) is 116 Å². The summed E-state index contributed by atoms with van der Waals surface area (Å²) in [4.78, 5) is 0. The molecule has 2 aliphatic carbocycles. The van der Waals surface area contributed by atoms with Crippen molar-refractivity contribution in [1.82, 2.24) is 0 Å². The fraction of sp³-hybridized carbons (Fsp3) is 0.125. The van der Waals surface area contributed by atoms with Crippen LogP contribution in [0.1, 0.15) is 36.4 Å². The molecule has 0 spiro atoms. The van der Waals surface area contributed by atoms with Crippen LogP contribution in [0.2, 0.25) is 0 Å². The van der Waals surface area contributed by atoms with Gasteiger partial charge in [0.25, 0.3) is 0 Å². The first-order valence-corrected chi connectivity index (χ1v) is 16.5. The topological polar surface area (TPSA) is 0 Å². The Morgan fingerprint density at radius 1 is 0.694 bits per heavy atom. The van der Waals surface area contributed by atoms with Crippen molar-refractivity contribution in [3.63, 3.8) is 0 Å². The smallest absolute Gasteiger partial charge is 1.00 e. The molecule has 0 amide bonds. The van der Waals surface area contributed by atoms with Crippen LogP contribution in [-0.4, -0.2) is 6.16 Å². The fourth-order valence-electron chi connectivity index (χ4n) is 5.99. The van der Waals surface area contributed by atoms with Crippen molar-refractivity contribution in [2.24, 2.45) is 0 Å². The van der Waals surface area contributed by atoms with Gasteiger partial charge >= 0.3 is 216 Å². The fourth-order valence-corrected chi connectivity index (χ4v) is 14.2. The van der Waals surface area contributed by atoms with Crippen molar-refractivity contribution in [2.45, 2.75) is 14.2 Å². The molecule has 36 heavy (non-hydrogen) atoms. The van der Waals surface area contributed by atoms with Crippen LogP contribution >= 0.6 is 7.92 Å². The summed E-state index contributed by atoms with van der Waals surface area (Å²) in [7, 11) is -0.265. The minimum absolute atomic E-state index is 0. The summed E-state index contributed by atoms with van der Waals surface area (Å²) in [6, 6.07) is 34.1. The summed E-state index contributed by atoms with van der Waals surface area (Å²) in [6.45, 7) is 2.40. The van der Waals surface area contributed by atoms with Gasteiger partial charge in [0.05, 0.1) is 0 Å². The maximum atomic E-state index is 2.62. The number of halogens is 2. The van der Waals surface area contributed by atoms with Crippen molar-refractivity contribution >= 4 is 25.4 Å². The number of benzene rings is 4. The standard InChI is InChI=1S/C17H14P.C15H11.2FH.Zr/c1-2-18-13-10-12-6-5-8-14(16(12)11-13)15-7-3-4-9-17(15)18;1-2-6-12(7-3-1)14-10-4-8-13-9-5-11-15(13)14;;;/h3-11H,2H2,1H3;1-11H;2*1H;/q;;;;+2/p-2. The monoisotopic (exact) mass is 568 g/mol. The summed E-state index contributed by atoms with van der Waals surface area (Å²) in [6.07, 6.45) is 8.81. The van der Waals surface area contributed by atoms with Crippen LogP contribution in [0, 0.1) is 0 Å². The van der Waals surface area contributed by atoms with Gasteiger partial charge in [-0.3, -0.25) is 0 Å². The van der Waals surface area contributed by atoms with Crippen LogP contribution in [0.25, 0.3) is 34.4 Å². The van der Waals surface area contributed by atoms with E-state index in [1.807, 2.05) is 0 Å². The van der Waals surface area contributed by atoms with Crippen LogP contribution in [-0.2, 0) is 23.2 Å². The van der Waals surface area contributed by atoms with Crippen LogP contribution < -0.4 is 14.7 Å². The van der Waals surface area contributed by atoms with Gasteiger partial charge < -0.3 is 9.41 Å². The van der Waals surface area contributed by atoms with E-state index >= 15 is 0 Å². The third-order valence-electron chi connectivity index (χ3n) is 7.51. The molecule has 2 bridgehead atoms. The molecule has 1 heterocycles. The van der Waals surface area contributed by atoms with Crippen molar-refractivity contribution < 1.29 is 32.6 Å². The van der Waals surface area contributed by atoms with Crippen LogP contribution in [0.3, 0.4) is 0 Å². The van der Waals surface area contributed by atoms with E-state index in [1.165, 1.54) is 39.5 Å². The molecule has 1 aliphatic heterocycles. The Morgan fingerprint density at radius 3 is 2.19 bits per heavy atom. The summed E-state index contributed by atoms with van der Waals surface area (Å²) in [5, 5.41) is 3.36. The molecule has 0 nitrogen and oxygen atoms in total. The largest absolute Gasteiger partial charge is 1.00 e. The van der Waals surface area contributed by atoms with Crippen molar-refractivity contribution in [1.29, 1.82) is 0 Å². The van der Waals surface area contributed by atoms with E-state index in [0.29, 0.717) is 7.25 Å². The SMILES string of the molecule is CCP1C2=Cc3c(cccc3[CH]2[Zr+2][CH]2C=Cc3c(-c4ccccc4)cccc32)-c2ccccc21.[F-].[F-]. The molecule has 0 radical (unpaired) electrons. The second-order valence-corrected chi connectivity index (χ2v) is 15.5. The zero-order valence-electron chi connectivity index (χ0n) is 20.0. The van der Waals surface area contributed by atoms with Gasteiger partial charge in [-0.25, -0.2) is 0 Å². The Hall–Kier alpha value is -2.47. The number of hydrogen-bond donors (Lipinski definition) is 0. The van der Waals surface area contributed by atoms with E-state index in [0.717, 1.165) is 0 Å². The summed E-state index contributed by atoms with van der Waals surface area (Å²) in [5.41, 5.74) is 11.8. The summed E-state index contributed by atoms with van der Waals surface area (Å²) >= 11 is -0.834. The first-order valence-electron chi connectivity index (χ1n) is 12.2. The predicted molar refractivity (Wildman–Crippen MR) is 143 cm³/mol. The maximum Gasteiger partial charge on any atom is -1.00 e. The zero-order chi connectivity index (χ0) is 22.6. The van der Waals surface area contributed by atoms with E-state index in [1.54, 1.807) is 21.7 Å². The van der Waals surface area contributed by atoms with Gasteiger partial charge in [0.2, 0.25) is 0 Å². The molecule has 4 aromatic carbocycles. The number of allylic oxidation sites excluding steroid dienone is 2. The van der Waals surface area contributed by atoms with E-state index in [4.69, 9.17) is 0 Å². The van der Waals surface area contributed by atoms with Gasteiger partial charge in [0, 0.05) is 0 Å². The second-order valence-electron chi connectivity index (χ2n) is 9.25. The Morgan fingerprint density at radius 2 is 1.39 bits per heavy atom. The van der Waals surface area contributed by atoms with Crippen LogP contribution in [0.15, 0.2) is 102 Å². The first-order chi connectivity index (χ1) is 16.8. The Labute approximate surface area is 224 Å². The van der Waals surface area contributed by atoms with Gasteiger partial charge in [-0.15, -0.1) is 0 Å². The summed E-state index contributed by atoms with van der Waals surface area (Å²) < 4.78 is 1.31. The molecule has 3 atom stereocenters. The Balaban J connectivity index is 0.00000133. The average molecular weight is 570 g/mol. The molecule has 0 aromatic heterocycles. The molecular weight excluding hydrogens is 545 g/mol. The van der Waals surface area contributed by atoms with Crippen molar-refractivity contribution in [3.05, 3.63) is 125 Å². The number of fused-ring (bicyclic) bond motifs is 3. The number of hydrogen-bond acceptors (Lipinski definition) is 0. The van der Waals surface area contributed by atoms with Gasteiger partial charge in [0.1, 0.15) is 0 Å². The molecule has 176 valence electrons. The van der Waals surface area contributed by atoms with Crippen LogP contribution in [0.5, 0.6) is 0 Å². The van der Waals surface area contributed by atoms with E-state index < -0.39 is 23.2 Å². The molecule has 4 heteroatoms. The van der Waals surface area contributed by atoms with Crippen molar-refractivity contribution in [2.75, 3.05) is 6.16 Å². The summed E-state index contributed by atoms with van der Waals surface area (Å²) in [5.74, 6) is 0. The molecule has 3 unspecified atom stereocenters. The molecule has 3 aliphatic rings. The van der Waals surface area contributed by atoms with Gasteiger partial charge in [-0.05, 0) is 0 Å². The Bertz CT molecular complexity index is 1490. The normalized spacial score (nSPS) is 19.7. The quantitative estimate of drug-likeness (QED) is 0.332. The molecule has 0 fully saturated rings. The first kappa shape index (κ1) is 25.2. The molecule has 7 rings (SSSR count). The zero-order valence-corrected chi connectivity index (χ0v) is 23.3. The van der Waals surface area contributed by atoms with Gasteiger partial charge in [-0.1, -0.05) is 0 Å². The predicted octanol–water partition coefficient (Wildman–Crippen LogP) is 2.42. The molecule has 0 saturated heterocycles. The molecule has 0 saturated carbocycles. The molecular formula is C32H25F2PZr. The molecule has 4 aromatic rings. The minimum Gasteiger partial charge on any atom is -1.00 e. The van der Waals surface area contributed by atoms with Crippen molar-refractivity contribution in [3.8, 4) is 22.3 Å². The van der Waals surface area contributed by atoms with Gasteiger partial charge in [-0.2, -0.15) is 0 Å². The van der Waals surface area contributed by atoms with Gasteiger partial charge in [0.15, 0.2) is 0 Å². The third kappa shape index (κ3) is 3.84. The van der Waals surface area contributed by atoms with Crippen LogP contribution in [0.4, 0.5) is 0 Å². The second kappa shape index (κ2) is 10.1. The Kier molecular flexibility index (Phi) is 7.08. The average Bonchev–Trinajstić information content (AvgIpc) is 3.43. The van der Waals surface area contributed by atoms with E-state index in [9.17, 15) is 0 Å². The third-order valence-corrected chi connectivity index (χ3v) is 15.2. The minimum atomic E-state index is -0.834. The maximum absolute atomic E-state index is 2.62.